The van der Waals surface area contributed by atoms with E-state index in [1.54, 1.807) is 11.3 Å². The van der Waals surface area contributed by atoms with Crippen LogP contribution in [0.2, 0.25) is 0 Å². The summed E-state index contributed by atoms with van der Waals surface area (Å²) in [6.45, 7) is 3.90. The first kappa shape index (κ1) is 10.4. The van der Waals surface area contributed by atoms with Crippen LogP contribution in [0, 0.1) is 0 Å². The van der Waals surface area contributed by atoms with E-state index >= 15 is 0 Å². The van der Waals surface area contributed by atoms with Crippen LogP contribution in [0.3, 0.4) is 0 Å². The van der Waals surface area contributed by atoms with E-state index in [0.29, 0.717) is 0 Å². The fourth-order valence-corrected chi connectivity index (χ4v) is 2.28. The molecule has 0 saturated heterocycles. The smallest absolute Gasteiger partial charge is 0.103 e. The predicted molar refractivity (Wildman–Crippen MR) is 64.0 cm³/mol. The summed E-state index contributed by atoms with van der Waals surface area (Å²) in [5.41, 5.74) is 2.32. The number of aromatic nitrogens is 2. The molecule has 0 atom stereocenters. The molecule has 0 saturated carbocycles. The van der Waals surface area contributed by atoms with Crippen LogP contribution in [0.5, 0.6) is 0 Å². The van der Waals surface area contributed by atoms with Crippen molar-refractivity contribution in [2.45, 2.75) is 20.0 Å². The van der Waals surface area contributed by atoms with E-state index in [2.05, 4.69) is 40.9 Å². The topological polar surface area (TPSA) is 29.9 Å². The highest BCUT2D eigenvalue weighted by molar-refractivity contribution is 7.13. The maximum atomic E-state index is 4.58. The molecule has 0 aromatic carbocycles. The van der Waals surface area contributed by atoms with Crippen LogP contribution in [0.1, 0.15) is 12.6 Å². The maximum Gasteiger partial charge on any atom is 0.103 e. The molecule has 3 nitrogen and oxygen atoms in total. The fourth-order valence-electron chi connectivity index (χ4n) is 1.60. The second-order valence-corrected chi connectivity index (χ2v) is 4.29. The van der Waals surface area contributed by atoms with Gasteiger partial charge >= 0.3 is 0 Å². The van der Waals surface area contributed by atoms with E-state index in [1.165, 1.54) is 10.6 Å². The average molecular weight is 221 g/mol. The van der Waals surface area contributed by atoms with Gasteiger partial charge in [0.15, 0.2) is 0 Å². The second-order valence-electron chi connectivity index (χ2n) is 3.34. The van der Waals surface area contributed by atoms with Crippen molar-refractivity contribution in [3.05, 3.63) is 29.3 Å². The Hall–Kier alpha value is -1.13. The van der Waals surface area contributed by atoms with Gasteiger partial charge in [0.2, 0.25) is 0 Å². The summed E-state index contributed by atoms with van der Waals surface area (Å²) >= 11 is 1.73. The molecule has 0 fully saturated rings. The molecular formula is C11H15N3S. The van der Waals surface area contributed by atoms with Crippen molar-refractivity contribution in [3.8, 4) is 10.6 Å². The Balaban J connectivity index is 2.34. The zero-order chi connectivity index (χ0) is 10.7. The number of nitrogens with one attached hydrogen (secondary N) is 1. The first-order valence-electron chi connectivity index (χ1n) is 5.10. The molecule has 4 heteroatoms. The first-order valence-corrected chi connectivity index (χ1v) is 5.98. The monoisotopic (exact) mass is 221 g/mol. The van der Waals surface area contributed by atoms with Gasteiger partial charge in [0, 0.05) is 13.1 Å². The minimum absolute atomic E-state index is 0.867. The summed E-state index contributed by atoms with van der Waals surface area (Å²) in [6.07, 6.45) is 0. The van der Waals surface area contributed by atoms with Gasteiger partial charge in [0.05, 0.1) is 10.6 Å². The molecule has 0 amide bonds. The molecule has 0 unspecified atom stereocenters. The Morgan fingerprint density at radius 1 is 1.53 bits per heavy atom. The van der Waals surface area contributed by atoms with Gasteiger partial charge in [-0.1, -0.05) is 6.07 Å². The Morgan fingerprint density at radius 3 is 3.00 bits per heavy atom. The van der Waals surface area contributed by atoms with E-state index in [0.717, 1.165) is 18.8 Å². The minimum atomic E-state index is 0.867. The lowest BCUT2D eigenvalue weighted by Gasteiger charge is -2.01. The van der Waals surface area contributed by atoms with E-state index in [4.69, 9.17) is 0 Å². The van der Waals surface area contributed by atoms with Gasteiger partial charge < -0.3 is 5.32 Å². The van der Waals surface area contributed by atoms with Crippen LogP contribution in [0.4, 0.5) is 0 Å². The molecule has 0 aliphatic rings. The second kappa shape index (κ2) is 4.59. The lowest BCUT2D eigenvalue weighted by molar-refractivity contribution is 0.605. The standard InChI is InChI=1S/C11H15N3S/c1-3-14-9(8-12-2)7-10(13-14)11-5-4-6-15-11/h4-7,12H,3,8H2,1-2H3. The van der Waals surface area contributed by atoms with Crippen LogP contribution in [0.15, 0.2) is 23.6 Å². The summed E-state index contributed by atoms with van der Waals surface area (Å²) in [4.78, 5) is 1.24. The van der Waals surface area contributed by atoms with Crippen LogP contribution in [-0.2, 0) is 13.1 Å². The molecule has 2 aromatic rings. The number of nitrogens with zero attached hydrogens (tertiary/aromatic N) is 2. The van der Waals surface area contributed by atoms with Crippen molar-refractivity contribution >= 4 is 11.3 Å². The summed E-state index contributed by atoms with van der Waals surface area (Å²) in [5, 5.41) is 9.82. The molecule has 0 aliphatic carbocycles. The van der Waals surface area contributed by atoms with Crippen molar-refractivity contribution in [2.75, 3.05) is 7.05 Å². The molecule has 0 bridgehead atoms. The van der Waals surface area contributed by atoms with E-state index in [9.17, 15) is 0 Å². The van der Waals surface area contributed by atoms with Crippen LogP contribution < -0.4 is 5.32 Å². The van der Waals surface area contributed by atoms with Gasteiger partial charge in [0.1, 0.15) is 5.69 Å². The largest absolute Gasteiger partial charge is 0.314 e. The van der Waals surface area contributed by atoms with Crippen LogP contribution in [-0.4, -0.2) is 16.8 Å². The molecule has 15 heavy (non-hydrogen) atoms. The molecular weight excluding hydrogens is 206 g/mol. The Morgan fingerprint density at radius 2 is 2.40 bits per heavy atom. The van der Waals surface area contributed by atoms with E-state index < -0.39 is 0 Å². The number of rotatable bonds is 4. The quantitative estimate of drug-likeness (QED) is 0.859. The summed E-state index contributed by atoms with van der Waals surface area (Å²) in [7, 11) is 1.96. The van der Waals surface area contributed by atoms with Crippen molar-refractivity contribution in [1.29, 1.82) is 0 Å². The lowest BCUT2D eigenvalue weighted by Crippen LogP contribution is -2.11. The number of hydrogen-bond donors (Lipinski definition) is 1. The fraction of sp³-hybridized carbons (Fsp3) is 0.364. The molecule has 0 aliphatic heterocycles. The molecule has 2 rings (SSSR count). The van der Waals surface area contributed by atoms with Crippen molar-refractivity contribution in [3.63, 3.8) is 0 Å². The van der Waals surface area contributed by atoms with Crippen LogP contribution >= 0.6 is 11.3 Å². The van der Waals surface area contributed by atoms with Gasteiger partial charge in [0.25, 0.3) is 0 Å². The zero-order valence-electron chi connectivity index (χ0n) is 9.03. The highest BCUT2D eigenvalue weighted by Gasteiger charge is 2.08. The lowest BCUT2D eigenvalue weighted by atomic mass is 10.3. The SMILES string of the molecule is CCn1nc(-c2cccs2)cc1CNC. The third-order valence-corrected chi connectivity index (χ3v) is 3.19. The molecule has 0 radical (unpaired) electrons. The Kier molecular flexibility index (Phi) is 3.18. The highest BCUT2D eigenvalue weighted by Crippen LogP contribution is 2.24. The van der Waals surface area contributed by atoms with Gasteiger partial charge in [-0.15, -0.1) is 11.3 Å². The number of aryl methyl sites for hydroxylation is 1. The number of hydrogen-bond acceptors (Lipinski definition) is 3. The van der Waals surface area contributed by atoms with Crippen molar-refractivity contribution < 1.29 is 0 Å². The average Bonchev–Trinajstić information content (AvgIpc) is 2.84. The van der Waals surface area contributed by atoms with Gasteiger partial charge in [-0.3, -0.25) is 4.68 Å². The molecule has 2 aromatic heterocycles. The van der Waals surface area contributed by atoms with E-state index in [1.807, 2.05) is 11.7 Å². The predicted octanol–water partition coefficient (Wildman–Crippen LogP) is 2.35. The third kappa shape index (κ3) is 2.11. The first-order chi connectivity index (χ1) is 7.35. The summed E-state index contributed by atoms with van der Waals surface area (Å²) < 4.78 is 2.05. The number of thiophene rings is 1. The Labute approximate surface area is 93.7 Å². The van der Waals surface area contributed by atoms with Crippen molar-refractivity contribution in [1.82, 2.24) is 15.1 Å². The zero-order valence-corrected chi connectivity index (χ0v) is 9.84. The molecule has 0 spiro atoms. The van der Waals surface area contributed by atoms with Gasteiger partial charge in [-0.05, 0) is 31.5 Å². The van der Waals surface area contributed by atoms with E-state index in [-0.39, 0.29) is 0 Å². The maximum absolute atomic E-state index is 4.58. The third-order valence-electron chi connectivity index (χ3n) is 2.29. The van der Waals surface area contributed by atoms with Crippen LogP contribution in [0.25, 0.3) is 10.6 Å². The van der Waals surface area contributed by atoms with Gasteiger partial charge in [-0.25, -0.2) is 0 Å². The summed E-state index contributed by atoms with van der Waals surface area (Å²) in [5.74, 6) is 0. The molecule has 2 heterocycles. The normalized spacial score (nSPS) is 10.8. The summed E-state index contributed by atoms with van der Waals surface area (Å²) in [6, 6.07) is 6.32. The van der Waals surface area contributed by atoms with Crippen molar-refractivity contribution in [2.24, 2.45) is 0 Å². The Bertz CT molecular complexity index is 417. The van der Waals surface area contributed by atoms with Gasteiger partial charge in [-0.2, -0.15) is 5.10 Å². The minimum Gasteiger partial charge on any atom is -0.314 e. The highest BCUT2D eigenvalue weighted by atomic mass is 32.1. The molecule has 80 valence electrons. The molecule has 1 N–H and O–H groups in total.